The molecule has 5 nitrogen and oxygen atoms in total. The normalized spacial score (nSPS) is 20.9. The second-order valence-electron chi connectivity index (χ2n) is 4.88. The number of benzene rings is 1. The maximum absolute atomic E-state index is 13.7. The van der Waals surface area contributed by atoms with Gasteiger partial charge in [-0.15, -0.1) is 0 Å². The first kappa shape index (κ1) is 13.7. The monoisotopic (exact) mass is 299 g/mol. The first-order chi connectivity index (χ1) is 9.99. The van der Waals surface area contributed by atoms with Crippen molar-refractivity contribution in [2.75, 3.05) is 18.4 Å². The smallest absolute Gasteiger partial charge is 0.295 e. The second-order valence-corrected chi connectivity index (χ2v) is 4.88. The standard InChI is InChI=1S/C13H12F3N3O2/c14-8-1-2-9-10(5-8)21-12(18-9)17-6-11-13(15,16)3-4-19(11)7-20/h1-2,5,7,11H,3-4,6H2,(H,17,18). The number of fused-ring (bicyclic) bond motifs is 1. The van der Waals surface area contributed by atoms with Crippen LogP contribution in [0.2, 0.25) is 0 Å². The molecule has 0 radical (unpaired) electrons. The van der Waals surface area contributed by atoms with Gasteiger partial charge in [-0.25, -0.2) is 13.2 Å². The van der Waals surface area contributed by atoms with Gasteiger partial charge in [0.25, 0.3) is 11.9 Å². The molecule has 1 atom stereocenters. The molecule has 112 valence electrons. The first-order valence-electron chi connectivity index (χ1n) is 6.38. The van der Waals surface area contributed by atoms with E-state index >= 15 is 0 Å². The van der Waals surface area contributed by atoms with E-state index in [2.05, 4.69) is 10.3 Å². The van der Waals surface area contributed by atoms with Gasteiger partial charge in [0.1, 0.15) is 17.4 Å². The lowest BCUT2D eigenvalue weighted by Gasteiger charge is -2.24. The molecule has 3 rings (SSSR count). The number of halogens is 3. The lowest BCUT2D eigenvalue weighted by molar-refractivity contribution is -0.122. The summed E-state index contributed by atoms with van der Waals surface area (Å²) in [5.41, 5.74) is 0.646. The van der Waals surface area contributed by atoms with E-state index in [-0.39, 0.29) is 31.1 Å². The highest BCUT2D eigenvalue weighted by Crippen LogP contribution is 2.33. The van der Waals surface area contributed by atoms with Crippen LogP contribution in [0.4, 0.5) is 19.2 Å². The van der Waals surface area contributed by atoms with Gasteiger partial charge < -0.3 is 14.6 Å². The fourth-order valence-electron chi connectivity index (χ4n) is 2.39. The third-order valence-electron chi connectivity index (χ3n) is 3.52. The number of anilines is 1. The summed E-state index contributed by atoms with van der Waals surface area (Å²) < 4.78 is 45.6. The van der Waals surface area contributed by atoms with Crippen LogP contribution in [0.25, 0.3) is 11.1 Å². The summed E-state index contributed by atoms with van der Waals surface area (Å²) in [6, 6.07) is 2.59. The van der Waals surface area contributed by atoms with Gasteiger partial charge in [0.15, 0.2) is 5.58 Å². The van der Waals surface area contributed by atoms with Crippen molar-refractivity contribution in [2.24, 2.45) is 0 Å². The Bertz CT molecular complexity index is 674. The Morgan fingerprint density at radius 1 is 1.52 bits per heavy atom. The number of hydrogen-bond acceptors (Lipinski definition) is 4. The molecule has 1 aromatic heterocycles. The molecule has 1 aliphatic rings. The van der Waals surface area contributed by atoms with Crippen LogP contribution in [0.3, 0.4) is 0 Å². The van der Waals surface area contributed by atoms with E-state index in [4.69, 9.17) is 4.42 Å². The molecule has 1 fully saturated rings. The lowest BCUT2D eigenvalue weighted by atomic mass is 10.1. The highest BCUT2D eigenvalue weighted by atomic mass is 19.3. The molecule has 1 aliphatic heterocycles. The Labute approximate surface area is 117 Å². The van der Waals surface area contributed by atoms with Crippen molar-refractivity contribution in [3.63, 3.8) is 0 Å². The van der Waals surface area contributed by atoms with E-state index in [9.17, 15) is 18.0 Å². The maximum atomic E-state index is 13.7. The number of oxazole rings is 1. The average Bonchev–Trinajstić information content (AvgIpc) is 2.96. The zero-order chi connectivity index (χ0) is 15.0. The number of hydrogen-bond donors (Lipinski definition) is 1. The minimum atomic E-state index is -2.95. The van der Waals surface area contributed by atoms with Crippen molar-refractivity contribution < 1.29 is 22.4 Å². The molecule has 2 heterocycles. The Morgan fingerprint density at radius 2 is 2.33 bits per heavy atom. The maximum Gasteiger partial charge on any atom is 0.295 e. The van der Waals surface area contributed by atoms with E-state index in [0.29, 0.717) is 11.9 Å². The van der Waals surface area contributed by atoms with Crippen molar-refractivity contribution in [1.29, 1.82) is 0 Å². The van der Waals surface area contributed by atoms with Gasteiger partial charge >= 0.3 is 0 Å². The van der Waals surface area contributed by atoms with Crippen LogP contribution in [0.1, 0.15) is 6.42 Å². The minimum absolute atomic E-state index is 0.0155. The van der Waals surface area contributed by atoms with Crippen LogP contribution in [0, 0.1) is 5.82 Å². The molecule has 2 aromatic rings. The molecule has 1 unspecified atom stereocenters. The Kier molecular flexibility index (Phi) is 3.23. The van der Waals surface area contributed by atoms with Crippen molar-refractivity contribution in [3.05, 3.63) is 24.0 Å². The van der Waals surface area contributed by atoms with E-state index in [0.717, 1.165) is 11.0 Å². The second kappa shape index (κ2) is 4.94. The van der Waals surface area contributed by atoms with E-state index < -0.39 is 17.8 Å². The number of rotatable bonds is 4. The van der Waals surface area contributed by atoms with Crippen LogP contribution in [-0.2, 0) is 4.79 Å². The van der Waals surface area contributed by atoms with Crippen molar-refractivity contribution >= 4 is 23.5 Å². The van der Waals surface area contributed by atoms with Gasteiger partial charge in [-0.3, -0.25) is 4.79 Å². The third kappa shape index (κ3) is 2.53. The highest BCUT2D eigenvalue weighted by molar-refractivity contribution is 5.74. The van der Waals surface area contributed by atoms with Crippen LogP contribution in [0.15, 0.2) is 22.6 Å². The number of nitrogens with one attached hydrogen (secondary N) is 1. The predicted octanol–water partition coefficient (Wildman–Crippen LogP) is 2.24. The zero-order valence-electron chi connectivity index (χ0n) is 10.9. The number of amides is 1. The minimum Gasteiger partial charge on any atom is -0.423 e. The molecule has 1 saturated heterocycles. The average molecular weight is 299 g/mol. The Morgan fingerprint density at radius 3 is 3.10 bits per heavy atom. The quantitative estimate of drug-likeness (QED) is 0.880. The summed E-state index contributed by atoms with van der Waals surface area (Å²) in [5, 5.41) is 2.63. The number of carbonyl (C=O) groups excluding carboxylic acids is 1. The SMILES string of the molecule is O=CN1CCC(F)(F)C1CNc1nc2ccc(F)cc2o1. The van der Waals surface area contributed by atoms with Crippen LogP contribution in [0.5, 0.6) is 0 Å². The van der Waals surface area contributed by atoms with Gasteiger partial charge in [-0.05, 0) is 12.1 Å². The van der Waals surface area contributed by atoms with E-state index in [1.807, 2.05) is 0 Å². The third-order valence-corrected chi connectivity index (χ3v) is 3.52. The fraction of sp³-hybridized carbons (Fsp3) is 0.385. The summed E-state index contributed by atoms with van der Waals surface area (Å²) >= 11 is 0. The van der Waals surface area contributed by atoms with E-state index in [1.54, 1.807) is 0 Å². The largest absolute Gasteiger partial charge is 0.423 e. The molecule has 0 aliphatic carbocycles. The van der Waals surface area contributed by atoms with Crippen molar-refractivity contribution in [1.82, 2.24) is 9.88 Å². The van der Waals surface area contributed by atoms with Crippen LogP contribution in [-0.4, -0.2) is 41.3 Å². The predicted molar refractivity (Wildman–Crippen MR) is 68.6 cm³/mol. The molecule has 8 heteroatoms. The molecule has 1 aromatic carbocycles. The highest BCUT2D eigenvalue weighted by Gasteiger charge is 2.48. The number of alkyl halides is 2. The van der Waals surface area contributed by atoms with Gasteiger partial charge in [0.05, 0.1) is 0 Å². The molecule has 1 amide bonds. The first-order valence-corrected chi connectivity index (χ1v) is 6.38. The van der Waals surface area contributed by atoms with Gasteiger partial charge in [0.2, 0.25) is 6.41 Å². The van der Waals surface area contributed by atoms with Crippen LogP contribution < -0.4 is 5.32 Å². The number of aromatic nitrogens is 1. The molecule has 0 saturated carbocycles. The van der Waals surface area contributed by atoms with Crippen LogP contribution >= 0.6 is 0 Å². The number of nitrogens with zero attached hydrogens (tertiary/aromatic N) is 2. The van der Waals surface area contributed by atoms with Gasteiger partial charge in [-0.1, -0.05) is 0 Å². The summed E-state index contributed by atoms with van der Waals surface area (Å²) in [6.45, 7) is -0.178. The summed E-state index contributed by atoms with van der Waals surface area (Å²) in [4.78, 5) is 15.8. The topological polar surface area (TPSA) is 58.4 Å². The molecule has 0 spiro atoms. The summed E-state index contributed by atoms with van der Waals surface area (Å²) in [5.74, 6) is -3.42. The summed E-state index contributed by atoms with van der Waals surface area (Å²) in [6.07, 6.45) is 0.0472. The summed E-state index contributed by atoms with van der Waals surface area (Å²) in [7, 11) is 0. The number of carbonyl (C=O) groups is 1. The van der Waals surface area contributed by atoms with Gasteiger partial charge in [-0.2, -0.15) is 4.98 Å². The van der Waals surface area contributed by atoms with Gasteiger partial charge in [0, 0.05) is 25.6 Å². The van der Waals surface area contributed by atoms with Crippen molar-refractivity contribution in [2.45, 2.75) is 18.4 Å². The van der Waals surface area contributed by atoms with E-state index in [1.165, 1.54) is 12.1 Å². The fourth-order valence-corrected chi connectivity index (χ4v) is 2.39. The van der Waals surface area contributed by atoms with Crippen molar-refractivity contribution in [3.8, 4) is 0 Å². The number of likely N-dealkylation sites (tertiary alicyclic amines) is 1. The Balaban J connectivity index is 1.75. The molecular weight excluding hydrogens is 287 g/mol. The molecule has 21 heavy (non-hydrogen) atoms. The molecule has 0 bridgehead atoms. The molecular formula is C13H12F3N3O2. The molecule has 1 N–H and O–H groups in total. The Hall–Kier alpha value is -2.25. The zero-order valence-corrected chi connectivity index (χ0v) is 10.9. The lowest BCUT2D eigenvalue weighted by Crippen LogP contribution is -2.43.